The van der Waals surface area contributed by atoms with E-state index in [2.05, 4.69) is 123 Å². The summed E-state index contributed by atoms with van der Waals surface area (Å²) in [6.07, 6.45) is 0. The van der Waals surface area contributed by atoms with Crippen LogP contribution in [0.4, 0.5) is 0 Å². The third-order valence-electron chi connectivity index (χ3n) is 6.31. The quantitative estimate of drug-likeness (QED) is 0.104. The van der Waals surface area contributed by atoms with Crippen LogP contribution >= 0.6 is 22.7 Å². The van der Waals surface area contributed by atoms with Gasteiger partial charge in [0.1, 0.15) is 16.1 Å². The highest BCUT2D eigenvalue weighted by molar-refractivity contribution is 7.20. The standard InChI is InChI=1S/C32H28S2Si2/c1-35(2,3)17-15-21-19-29-27-9-7-24-23(25(27)11-13-31(29)33-21)8-10-28-26(24)12-14-32-30(28)20-22(34-32)16-18-36(4,5)6/h7-14,19-20H,1-6H3. The Bertz CT molecular complexity index is 1820. The molecule has 6 aromatic rings. The predicted molar refractivity (Wildman–Crippen MR) is 170 cm³/mol. The number of hydrogen-bond acceptors (Lipinski definition) is 2. The van der Waals surface area contributed by atoms with E-state index in [9.17, 15) is 0 Å². The van der Waals surface area contributed by atoms with Gasteiger partial charge in [-0.3, -0.25) is 0 Å². The van der Waals surface area contributed by atoms with E-state index in [1.807, 2.05) is 22.7 Å². The molecule has 0 saturated carbocycles. The van der Waals surface area contributed by atoms with Gasteiger partial charge in [-0.2, -0.15) is 0 Å². The van der Waals surface area contributed by atoms with Gasteiger partial charge in [0.2, 0.25) is 0 Å². The van der Waals surface area contributed by atoms with Crippen molar-refractivity contribution in [2.75, 3.05) is 0 Å². The molecule has 2 heterocycles. The summed E-state index contributed by atoms with van der Waals surface area (Å²) in [7, 11) is -2.79. The minimum atomic E-state index is -1.40. The van der Waals surface area contributed by atoms with E-state index in [-0.39, 0.29) is 0 Å². The first-order valence-corrected chi connectivity index (χ1v) is 21.0. The number of hydrogen-bond donors (Lipinski definition) is 0. The molecule has 6 rings (SSSR count). The first kappa shape index (κ1) is 23.5. The van der Waals surface area contributed by atoms with Gasteiger partial charge in [0.15, 0.2) is 0 Å². The van der Waals surface area contributed by atoms with Crippen LogP contribution in [-0.2, 0) is 0 Å². The average molecular weight is 533 g/mol. The SMILES string of the molecule is C[Si](C)(C)C#Cc1cc2c(ccc3c2ccc2c4ccc5sc(C#C[Si](C)(C)C)cc5c4ccc32)s1. The number of benzene rings is 4. The maximum absolute atomic E-state index is 3.52. The number of thiophene rings is 2. The van der Waals surface area contributed by atoms with Crippen LogP contribution in [0.25, 0.3) is 52.5 Å². The molecule has 36 heavy (non-hydrogen) atoms. The molecular formula is C32H28S2Si2. The molecule has 0 nitrogen and oxygen atoms in total. The Balaban J connectivity index is 1.54. The molecule has 4 heteroatoms. The van der Waals surface area contributed by atoms with Crippen LogP contribution in [0.15, 0.2) is 60.7 Å². The van der Waals surface area contributed by atoms with E-state index in [1.54, 1.807) is 0 Å². The summed E-state index contributed by atoms with van der Waals surface area (Å²) < 4.78 is 2.63. The van der Waals surface area contributed by atoms with Gasteiger partial charge in [-0.1, -0.05) is 87.5 Å². The molecular weight excluding hydrogens is 505 g/mol. The molecule has 0 fully saturated rings. The lowest BCUT2D eigenvalue weighted by atomic mass is 9.95. The Morgan fingerprint density at radius 1 is 0.444 bits per heavy atom. The second kappa shape index (κ2) is 8.33. The third-order valence-corrected chi connectivity index (χ3v) is 10.1. The van der Waals surface area contributed by atoms with Crippen LogP contribution in [0.1, 0.15) is 9.75 Å². The molecule has 0 atom stereocenters. The van der Waals surface area contributed by atoms with Crippen molar-refractivity contribution in [2.45, 2.75) is 39.3 Å². The molecule has 0 N–H and O–H groups in total. The monoisotopic (exact) mass is 532 g/mol. The molecule has 0 aliphatic heterocycles. The predicted octanol–water partition coefficient (Wildman–Crippen LogP) is 10.0. The fraction of sp³-hybridized carbons (Fsp3) is 0.188. The van der Waals surface area contributed by atoms with Crippen LogP contribution < -0.4 is 0 Å². The summed E-state index contributed by atoms with van der Waals surface area (Å²) >= 11 is 3.62. The number of rotatable bonds is 0. The van der Waals surface area contributed by atoms with Crippen molar-refractivity contribution in [3.8, 4) is 22.9 Å². The highest BCUT2D eigenvalue weighted by atomic mass is 32.1. The van der Waals surface area contributed by atoms with Gasteiger partial charge in [0, 0.05) is 20.2 Å². The summed E-state index contributed by atoms with van der Waals surface area (Å²) in [5.74, 6) is 6.92. The second-order valence-electron chi connectivity index (χ2n) is 11.6. The molecule has 4 aromatic carbocycles. The lowest BCUT2D eigenvalue weighted by Crippen LogP contribution is -2.16. The summed E-state index contributed by atoms with van der Waals surface area (Å²) in [4.78, 5) is 2.35. The van der Waals surface area contributed by atoms with Crippen LogP contribution in [0.2, 0.25) is 39.3 Å². The molecule has 0 bridgehead atoms. The molecule has 176 valence electrons. The van der Waals surface area contributed by atoms with Gasteiger partial charge in [0.25, 0.3) is 0 Å². The Hall–Kier alpha value is -2.87. The highest BCUT2D eigenvalue weighted by Crippen LogP contribution is 2.40. The maximum atomic E-state index is 3.52. The second-order valence-corrected chi connectivity index (χ2v) is 23.3. The fourth-order valence-electron chi connectivity index (χ4n) is 4.70. The van der Waals surface area contributed by atoms with Crippen LogP contribution in [-0.4, -0.2) is 16.1 Å². The van der Waals surface area contributed by atoms with E-state index in [4.69, 9.17) is 0 Å². The van der Waals surface area contributed by atoms with Crippen molar-refractivity contribution < 1.29 is 0 Å². The molecule has 0 amide bonds. The highest BCUT2D eigenvalue weighted by Gasteiger charge is 2.13. The smallest absolute Gasteiger partial charge is 0.127 e. The Kier molecular flexibility index (Phi) is 5.45. The molecule has 0 spiro atoms. The van der Waals surface area contributed by atoms with E-state index in [0.717, 1.165) is 0 Å². The van der Waals surface area contributed by atoms with Crippen LogP contribution in [0.3, 0.4) is 0 Å². The van der Waals surface area contributed by atoms with E-state index >= 15 is 0 Å². The van der Waals surface area contributed by atoms with Crippen molar-refractivity contribution >= 4 is 91.3 Å². The average Bonchev–Trinajstić information content (AvgIpc) is 3.43. The van der Waals surface area contributed by atoms with Crippen molar-refractivity contribution in [3.63, 3.8) is 0 Å². The summed E-state index contributed by atoms with van der Waals surface area (Å²) in [6.45, 7) is 13.8. The zero-order valence-corrected chi connectivity index (χ0v) is 25.2. The minimum absolute atomic E-state index is 1.17. The normalized spacial score (nSPS) is 12.3. The van der Waals surface area contributed by atoms with E-state index in [0.29, 0.717) is 0 Å². The van der Waals surface area contributed by atoms with E-state index in [1.165, 1.54) is 62.2 Å². The topological polar surface area (TPSA) is 0 Å². The molecule has 0 saturated heterocycles. The lowest BCUT2D eigenvalue weighted by molar-refractivity contribution is 1.81. The molecule has 0 radical (unpaired) electrons. The van der Waals surface area contributed by atoms with Crippen molar-refractivity contribution in [1.29, 1.82) is 0 Å². The Morgan fingerprint density at radius 3 is 1.08 bits per heavy atom. The minimum Gasteiger partial charge on any atom is -0.127 e. The van der Waals surface area contributed by atoms with Gasteiger partial charge in [-0.25, -0.2) is 0 Å². The molecule has 0 aliphatic rings. The van der Waals surface area contributed by atoms with Crippen LogP contribution in [0, 0.1) is 22.9 Å². The van der Waals surface area contributed by atoms with Gasteiger partial charge in [-0.05, 0) is 56.6 Å². The Labute approximate surface area is 223 Å². The van der Waals surface area contributed by atoms with E-state index < -0.39 is 16.1 Å². The zero-order chi connectivity index (χ0) is 25.2. The number of fused-ring (bicyclic) bond motifs is 9. The van der Waals surface area contributed by atoms with Crippen molar-refractivity contribution in [3.05, 3.63) is 70.4 Å². The Morgan fingerprint density at radius 2 is 0.750 bits per heavy atom. The zero-order valence-electron chi connectivity index (χ0n) is 21.6. The molecule has 0 aliphatic carbocycles. The summed E-state index contributed by atoms with van der Waals surface area (Å²) in [6, 6.07) is 23.0. The van der Waals surface area contributed by atoms with Crippen molar-refractivity contribution in [2.24, 2.45) is 0 Å². The van der Waals surface area contributed by atoms with Gasteiger partial charge >= 0.3 is 0 Å². The molecule has 0 unspecified atom stereocenters. The molecule has 2 aromatic heterocycles. The fourth-order valence-corrected chi connectivity index (χ4v) is 7.76. The van der Waals surface area contributed by atoms with Gasteiger partial charge < -0.3 is 0 Å². The summed E-state index contributed by atoms with van der Waals surface area (Å²) in [5.41, 5.74) is 7.04. The summed E-state index contributed by atoms with van der Waals surface area (Å²) in [5, 5.41) is 10.5. The largest absolute Gasteiger partial charge is 0.129 e. The van der Waals surface area contributed by atoms with Gasteiger partial charge in [0.05, 0.1) is 9.75 Å². The lowest BCUT2D eigenvalue weighted by Gasteiger charge is -2.09. The van der Waals surface area contributed by atoms with Crippen LogP contribution in [0.5, 0.6) is 0 Å². The maximum Gasteiger partial charge on any atom is 0.129 e. The first-order chi connectivity index (χ1) is 17.1. The third kappa shape index (κ3) is 4.29. The first-order valence-electron chi connectivity index (χ1n) is 12.4. The van der Waals surface area contributed by atoms with Crippen molar-refractivity contribution in [1.82, 2.24) is 0 Å². The van der Waals surface area contributed by atoms with Gasteiger partial charge in [-0.15, -0.1) is 33.8 Å².